The van der Waals surface area contributed by atoms with Crippen LogP contribution in [0.25, 0.3) is 11.1 Å². The van der Waals surface area contributed by atoms with Gasteiger partial charge in [0, 0.05) is 40.7 Å². The molecule has 3 aromatic carbocycles. The summed E-state index contributed by atoms with van der Waals surface area (Å²) >= 11 is 12.4. The summed E-state index contributed by atoms with van der Waals surface area (Å²) in [6, 6.07) is 18.8. The number of rotatable bonds is 7. The minimum absolute atomic E-state index is 0.118. The molecule has 2 N–H and O–H groups in total. The molecule has 0 spiro atoms. The van der Waals surface area contributed by atoms with Crippen LogP contribution in [-0.2, 0) is 16.0 Å². The van der Waals surface area contributed by atoms with Gasteiger partial charge in [-0.3, -0.25) is 9.59 Å². The van der Waals surface area contributed by atoms with E-state index in [-0.39, 0.29) is 24.8 Å². The van der Waals surface area contributed by atoms with E-state index in [1.54, 1.807) is 35.2 Å². The number of nitrogens with one attached hydrogen (secondary N) is 1. The molecule has 192 valence electrons. The van der Waals surface area contributed by atoms with Crippen molar-refractivity contribution in [1.29, 1.82) is 0 Å². The molecule has 0 bridgehead atoms. The Labute approximate surface area is 226 Å². The lowest BCUT2D eigenvalue weighted by Crippen LogP contribution is -2.50. The van der Waals surface area contributed by atoms with E-state index in [4.69, 9.17) is 23.2 Å². The van der Waals surface area contributed by atoms with Gasteiger partial charge in [0.25, 0.3) is 5.91 Å². The molecule has 1 aliphatic heterocycles. The van der Waals surface area contributed by atoms with Crippen molar-refractivity contribution in [3.63, 3.8) is 0 Å². The molecule has 1 unspecified atom stereocenters. The molecule has 6 nitrogen and oxygen atoms in total. The third kappa shape index (κ3) is 6.70. The molecular weight excluding hydrogens is 511 g/mol. The van der Waals surface area contributed by atoms with Gasteiger partial charge in [-0.15, -0.1) is 0 Å². The molecule has 37 heavy (non-hydrogen) atoms. The Morgan fingerprint density at radius 3 is 2.41 bits per heavy atom. The summed E-state index contributed by atoms with van der Waals surface area (Å²) in [7, 11) is 0. The zero-order valence-corrected chi connectivity index (χ0v) is 21.9. The van der Waals surface area contributed by atoms with E-state index in [1.807, 2.05) is 43.3 Å². The number of amides is 2. The number of likely N-dealkylation sites (tertiary alicyclic amines) is 1. The number of carbonyl (C=O) groups is 3. The SMILES string of the molecule is Cc1ccc(C(=O)N2CCCC(C(=O)N[C@@H](Cc3ccc(-c4cc(Cl)ccc4Cl)cc3)C(=O)O)C2)cc1. The van der Waals surface area contributed by atoms with Crippen molar-refractivity contribution in [2.24, 2.45) is 5.92 Å². The van der Waals surface area contributed by atoms with Gasteiger partial charge >= 0.3 is 5.97 Å². The first-order chi connectivity index (χ1) is 17.7. The zero-order chi connectivity index (χ0) is 26.5. The van der Waals surface area contributed by atoms with Crippen LogP contribution in [-0.4, -0.2) is 46.9 Å². The standard InChI is InChI=1S/C29H28Cl2N2O4/c1-18-4-8-21(9-5-18)28(35)33-14-2-3-22(17-33)27(34)32-26(29(36)37)15-19-6-10-20(11-7-19)24-16-23(30)12-13-25(24)31/h4-13,16,22,26H,2-3,14-15,17H2,1H3,(H,32,34)(H,36,37)/t22?,26-/m0/s1. The molecule has 4 rings (SSSR count). The van der Waals surface area contributed by atoms with Crippen LogP contribution in [0.15, 0.2) is 66.7 Å². The Kier molecular flexibility index (Phi) is 8.52. The summed E-state index contributed by atoms with van der Waals surface area (Å²) in [6.07, 6.45) is 1.41. The van der Waals surface area contributed by atoms with Crippen molar-refractivity contribution in [2.45, 2.75) is 32.2 Å². The first-order valence-electron chi connectivity index (χ1n) is 12.1. The number of hydrogen-bond donors (Lipinski definition) is 2. The average molecular weight is 539 g/mol. The zero-order valence-electron chi connectivity index (χ0n) is 20.4. The first-order valence-corrected chi connectivity index (χ1v) is 12.9. The number of carboxylic acids is 1. The minimum atomic E-state index is -1.11. The van der Waals surface area contributed by atoms with Crippen LogP contribution in [0, 0.1) is 12.8 Å². The molecule has 1 aliphatic rings. The van der Waals surface area contributed by atoms with Gasteiger partial charge in [-0.1, -0.05) is 65.2 Å². The van der Waals surface area contributed by atoms with Crippen LogP contribution in [0.3, 0.4) is 0 Å². The molecule has 3 aromatic rings. The fourth-order valence-corrected chi connectivity index (χ4v) is 4.92. The maximum absolute atomic E-state index is 13.0. The van der Waals surface area contributed by atoms with Crippen LogP contribution in [0.2, 0.25) is 10.0 Å². The van der Waals surface area contributed by atoms with Gasteiger partial charge in [-0.05, 0) is 61.2 Å². The number of piperidine rings is 1. The van der Waals surface area contributed by atoms with Crippen molar-refractivity contribution in [2.75, 3.05) is 13.1 Å². The van der Waals surface area contributed by atoms with Crippen molar-refractivity contribution in [3.8, 4) is 11.1 Å². The normalized spacial score (nSPS) is 16.2. The number of hydrogen-bond acceptors (Lipinski definition) is 3. The topological polar surface area (TPSA) is 86.7 Å². The van der Waals surface area contributed by atoms with Gasteiger partial charge in [0.15, 0.2) is 0 Å². The highest BCUT2D eigenvalue weighted by molar-refractivity contribution is 6.35. The van der Waals surface area contributed by atoms with E-state index in [1.165, 1.54) is 0 Å². The van der Waals surface area contributed by atoms with Crippen molar-refractivity contribution < 1.29 is 19.5 Å². The number of aryl methyl sites for hydroxylation is 1. The van der Waals surface area contributed by atoms with Crippen LogP contribution in [0.4, 0.5) is 0 Å². The maximum Gasteiger partial charge on any atom is 0.326 e. The van der Waals surface area contributed by atoms with Crippen LogP contribution >= 0.6 is 23.2 Å². The third-order valence-corrected chi connectivity index (χ3v) is 7.19. The van der Waals surface area contributed by atoms with Crippen LogP contribution in [0.5, 0.6) is 0 Å². The van der Waals surface area contributed by atoms with E-state index in [0.29, 0.717) is 35.0 Å². The Morgan fingerprint density at radius 2 is 1.73 bits per heavy atom. The molecule has 1 fully saturated rings. The smallest absolute Gasteiger partial charge is 0.326 e. The van der Waals surface area contributed by atoms with Gasteiger partial charge in [-0.2, -0.15) is 0 Å². The van der Waals surface area contributed by atoms with E-state index < -0.39 is 17.9 Å². The molecule has 0 aromatic heterocycles. The van der Waals surface area contributed by atoms with E-state index in [9.17, 15) is 19.5 Å². The largest absolute Gasteiger partial charge is 0.480 e. The fourth-order valence-electron chi connectivity index (χ4n) is 4.52. The van der Waals surface area contributed by atoms with Crippen molar-refractivity contribution in [3.05, 3.63) is 93.5 Å². The summed E-state index contributed by atoms with van der Waals surface area (Å²) in [5, 5.41) is 13.6. The molecular formula is C29H28Cl2N2O4. The summed E-state index contributed by atoms with van der Waals surface area (Å²) in [5.41, 5.74) is 4.04. The Morgan fingerprint density at radius 1 is 1.03 bits per heavy atom. The number of carboxylic acid groups (broad SMARTS) is 1. The molecule has 1 saturated heterocycles. The fraction of sp³-hybridized carbons (Fsp3) is 0.276. The second-order valence-electron chi connectivity index (χ2n) is 9.38. The van der Waals surface area contributed by atoms with E-state index in [0.717, 1.165) is 22.3 Å². The second-order valence-corrected chi connectivity index (χ2v) is 10.2. The average Bonchev–Trinajstić information content (AvgIpc) is 2.90. The quantitative estimate of drug-likeness (QED) is 0.407. The summed E-state index contributed by atoms with van der Waals surface area (Å²) in [4.78, 5) is 39.6. The summed E-state index contributed by atoms with van der Waals surface area (Å²) < 4.78 is 0. The highest BCUT2D eigenvalue weighted by atomic mass is 35.5. The molecule has 2 amide bonds. The number of aliphatic carboxylic acids is 1. The molecule has 1 heterocycles. The Bertz CT molecular complexity index is 1290. The summed E-state index contributed by atoms with van der Waals surface area (Å²) in [5.74, 6) is -2.04. The number of benzene rings is 3. The second kappa shape index (κ2) is 11.8. The van der Waals surface area contributed by atoms with Gasteiger partial charge in [0.1, 0.15) is 6.04 Å². The van der Waals surface area contributed by atoms with Crippen LogP contribution in [0.1, 0.15) is 34.3 Å². The minimum Gasteiger partial charge on any atom is -0.480 e. The van der Waals surface area contributed by atoms with E-state index in [2.05, 4.69) is 5.32 Å². The third-order valence-electron chi connectivity index (χ3n) is 6.63. The molecule has 2 atom stereocenters. The molecule has 8 heteroatoms. The number of carbonyl (C=O) groups excluding carboxylic acids is 2. The predicted molar refractivity (Wildman–Crippen MR) is 145 cm³/mol. The molecule has 0 radical (unpaired) electrons. The lowest BCUT2D eigenvalue weighted by Gasteiger charge is -2.32. The van der Waals surface area contributed by atoms with Gasteiger partial charge in [0.2, 0.25) is 5.91 Å². The van der Waals surface area contributed by atoms with Crippen molar-refractivity contribution >= 4 is 41.0 Å². The number of halogens is 2. The van der Waals surface area contributed by atoms with Crippen molar-refractivity contribution in [1.82, 2.24) is 10.2 Å². The molecule has 0 aliphatic carbocycles. The van der Waals surface area contributed by atoms with Gasteiger partial charge < -0.3 is 15.3 Å². The highest BCUT2D eigenvalue weighted by Crippen LogP contribution is 2.31. The van der Waals surface area contributed by atoms with Crippen LogP contribution < -0.4 is 5.32 Å². The lowest BCUT2D eigenvalue weighted by atomic mass is 9.95. The lowest BCUT2D eigenvalue weighted by molar-refractivity contribution is -0.142. The summed E-state index contributed by atoms with van der Waals surface area (Å²) in [6.45, 7) is 2.79. The Balaban J connectivity index is 1.39. The Hall–Kier alpha value is -3.35. The molecule has 0 saturated carbocycles. The first kappa shape index (κ1) is 26.7. The maximum atomic E-state index is 13.0. The van der Waals surface area contributed by atoms with Gasteiger partial charge in [-0.25, -0.2) is 4.79 Å². The predicted octanol–water partition coefficient (Wildman–Crippen LogP) is 5.63. The number of nitrogens with zero attached hydrogens (tertiary/aromatic N) is 1. The monoisotopic (exact) mass is 538 g/mol. The van der Waals surface area contributed by atoms with E-state index >= 15 is 0 Å². The highest BCUT2D eigenvalue weighted by Gasteiger charge is 2.31. The van der Waals surface area contributed by atoms with Gasteiger partial charge in [0.05, 0.1) is 5.92 Å².